The first-order valence-electron chi connectivity index (χ1n) is 15.9. The number of hydrogen-bond acceptors (Lipinski definition) is 7. The van der Waals surface area contributed by atoms with Gasteiger partial charge in [0.25, 0.3) is 0 Å². The van der Waals surface area contributed by atoms with Crippen molar-refractivity contribution in [2.45, 2.75) is 69.9 Å². The molecule has 0 radical (unpaired) electrons. The standard InChI is InChI=1S/C32H47N5O5Si/c1-43(2,3)18-17-42-22-36-21-23-5-4-6-24-25-19-28-26(20-27(25)33-30(24)29(23)34-36)32(7-13-38,8-14-39)31(40)37(28)10-9-35-11-15-41-16-12-35/h19-21,33,38-39H,4-18,22H2,1-3H3. The van der Waals surface area contributed by atoms with Gasteiger partial charge >= 0.3 is 0 Å². The summed E-state index contributed by atoms with van der Waals surface area (Å²) in [5, 5.41) is 26.3. The summed E-state index contributed by atoms with van der Waals surface area (Å²) in [6.45, 7) is 12.5. The van der Waals surface area contributed by atoms with E-state index in [4.69, 9.17) is 14.6 Å². The number of rotatable bonds is 12. The summed E-state index contributed by atoms with van der Waals surface area (Å²) >= 11 is 0. The molecule has 0 spiro atoms. The smallest absolute Gasteiger partial charge is 0.237 e. The van der Waals surface area contributed by atoms with E-state index in [1.165, 1.54) is 11.1 Å². The van der Waals surface area contributed by atoms with E-state index >= 15 is 0 Å². The molecule has 2 aromatic heterocycles. The molecule has 2 aliphatic heterocycles. The molecule has 234 valence electrons. The van der Waals surface area contributed by atoms with Crippen LogP contribution in [-0.4, -0.2) is 103 Å². The van der Waals surface area contributed by atoms with Crippen LogP contribution in [0.4, 0.5) is 5.69 Å². The van der Waals surface area contributed by atoms with Gasteiger partial charge in [-0.1, -0.05) is 19.6 Å². The van der Waals surface area contributed by atoms with Gasteiger partial charge in [-0.25, -0.2) is 4.68 Å². The third kappa shape index (κ3) is 5.95. The fraction of sp³-hybridized carbons (Fsp3) is 0.625. The van der Waals surface area contributed by atoms with Crippen LogP contribution in [0.15, 0.2) is 18.3 Å². The average Bonchev–Trinajstić information content (AvgIpc) is 3.57. The third-order valence-electron chi connectivity index (χ3n) is 9.47. The lowest BCUT2D eigenvalue weighted by Crippen LogP contribution is -2.46. The van der Waals surface area contributed by atoms with E-state index in [0.717, 1.165) is 85.1 Å². The van der Waals surface area contributed by atoms with Gasteiger partial charge in [0.2, 0.25) is 5.91 Å². The van der Waals surface area contributed by atoms with Crippen molar-refractivity contribution in [1.82, 2.24) is 19.7 Å². The normalized spacial score (nSPS) is 18.6. The SMILES string of the molecule is C[Si](C)(C)CCOCn1cc2c(n1)-c1[nH]c3cc4c(cc3c1CCC2)N(CCN1CCOCC1)C(=O)C4(CCO)CCO. The van der Waals surface area contributed by atoms with E-state index in [0.29, 0.717) is 26.5 Å². The second-order valence-electron chi connectivity index (χ2n) is 13.6. The highest BCUT2D eigenvalue weighted by Crippen LogP contribution is 2.49. The Bertz CT molecular complexity index is 1450. The Labute approximate surface area is 255 Å². The van der Waals surface area contributed by atoms with Crippen LogP contribution in [-0.2, 0) is 39.3 Å². The Balaban J connectivity index is 1.36. The van der Waals surface area contributed by atoms with Gasteiger partial charge in [0.05, 0.1) is 24.3 Å². The molecule has 43 heavy (non-hydrogen) atoms. The summed E-state index contributed by atoms with van der Waals surface area (Å²) in [7, 11) is -1.15. The Morgan fingerprint density at radius 1 is 1.09 bits per heavy atom. The van der Waals surface area contributed by atoms with Crippen molar-refractivity contribution in [3.05, 3.63) is 35.0 Å². The predicted molar refractivity (Wildman–Crippen MR) is 170 cm³/mol. The van der Waals surface area contributed by atoms with Gasteiger partial charge in [0.1, 0.15) is 12.4 Å². The number of carbonyl (C=O) groups is 1. The van der Waals surface area contributed by atoms with E-state index in [1.54, 1.807) is 0 Å². The molecule has 1 amide bonds. The maximum Gasteiger partial charge on any atom is 0.237 e. The number of H-pyrrole nitrogens is 1. The molecule has 1 fully saturated rings. The summed E-state index contributed by atoms with van der Waals surface area (Å²) in [6.07, 6.45) is 5.60. The number of aromatic amines is 1. The molecule has 3 N–H and O–H groups in total. The van der Waals surface area contributed by atoms with Crippen LogP contribution >= 0.6 is 0 Å². The van der Waals surface area contributed by atoms with Gasteiger partial charge < -0.3 is 29.6 Å². The third-order valence-corrected chi connectivity index (χ3v) is 11.2. The number of morpholine rings is 1. The zero-order chi connectivity index (χ0) is 30.2. The molecule has 3 aromatic rings. The van der Waals surface area contributed by atoms with Crippen molar-refractivity contribution in [3.63, 3.8) is 0 Å². The van der Waals surface area contributed by atoms with E-state index in [9.17, 15) is 15.0 Å². The molecule has 3 aliphatic rings. The summed E-state index contributed by atoms with van der Waals surface area (Å²) in [4.78, 5) is 22.1. The van der Waals surface area contributed by atoms with Crippen molar-refractivity contribution >= 4 is 30.6 Å². The van der Waals surface area contributed by atoms with Crippen molar-refractivity contribution < 1.29 is 24.5 Å². The number of anilines is 1. The van der Waals surface area contributed by atoms with Gasteiger partial charge in [-0.15, -0.1) is 0 Å². The number of aromatic nitrogens is 3. The zero-order valence-corrected chi connectivity index (χ0v) is 27.0. The summed E-state index contributed by atoms with van der Waals surface area (Å²) < 4.78 is 13.4. The molecule has 4 heterocycles. The largest absolute Gasteiger partial charge is 0.396 e. The number of nitrogens with one attached hydrogen (secondary N) is 1. The van der Waals surface area contributed by atoms with Crippen LogP contribution in [0.2, 0.25) is 25.7 Å². The minimum absolute atomic E-state index is 0.0206. The molecular weight excluding hydrogens is 562 g/mol. The first-order chi connectivity index (χ1) is 20.7. The second-order valence-corrected chi connectivity index (χ2v) is 19.2. The number of aryl methyl sites for hydroxylation is 2. The van der Waals surface area contributed by atoms with Gasteiger partial charge in [0, 0.05) is 76.9 Å². The fourth-order valence-corrected chi connectivity index (χ4v) is 7.79. The monoisotopic (exact) mass is 609 g/mol. The van der Waals surface area contributed by atoms with Gasteiger partial charge in [-0.3, -0.25) is 9.69 Å². The molecule has 0 bridgehead atoms. The molecular formula is C32H47N5O5Si. The highest BCUT2D eigenvalue weighted by atomic mass is 28.3. The van der Waals surface area contributed by atoms with Gasteiger partial charge in [-0.2, -0.15) is 5.10 Å². The minimum atomic E-state index is -1.15. The van der Waals surface area contributed by atoms with Crippen molar-refractivity contribution in [2.24, 2.45) is 0 Å². The zero-order valence-electron chi connectivity index (χ0n) is 26.0. The molecule has 1 aliphatic carbocycles. The van der Waals surface area contributed by atoms with E-state index in [2.05, 4.69) is 47.9 Å². The number of amides is 1. The number of ether oxygens (including phenoxy) is 2. The second kappa shape index (κ2) is 12.5. The van der Waals surface area contributed by atoms with Crippen LogP contribution in [0.1, 0.15) is 36.0 Å². The molecule has 0 unspecified atom stereocenters. The average molecular weight is 610 g/mol. The quantitative estimate of drug-likeness (QED) is 0.213. The Morgan fingerprint density at radius 3 is 2.58 bits per heavy atom. The molecule has 1 saturated heterocycles. The molecule has 0 atom stereocenters. The maximum atomic E-state index is 14.1. The van der Waals surface area contributed by atoms with Crippen molar-refractivity contribution in [2.75, 3.05) is 64.1 Å². The van der Waals surface area contributed by atoms with Crippen LogP contribution in [0.25, 0.3) is 22.3 Å². The predicted octanol–water partition coefficient (Wildman–Crippen LogP) is 3.51. The lowest BCUT2D eigenvalue weighted by atomic mass is 9.76. The number of benzene rings is 1. The molecule has 1 aromatic carbocycles. The van der Waals surface area contributed by atoms with Gasteiger partial charge in [0.15, 0.2) is 0 Å². The van der Waals surface area contributed by atoms with Crippen molar-refractivity contribution in [3.8, 4) is 11.4 Å². The van der Waals surface area contributed by atoms with Crippen LogP contribution in [0.5, 0.6) is 0 Å². The van der Waals surface area contributed by atoms with Crippen LogP contribution in [0, 0.1) is 0 Å². The number of nitrogens with zero attached hydrogens (tertiary/aromatic N) is 4. The lowest BCUT2D eigenvalue weighted by Gasteiger charge is -2.30. The molecule has 10 nitrogen and oxygen atoms in total. The van der Waals surface area contributed by atoms with E-state index < -0.39 is 13.5 Å². The molecule has 6 rings (SSSR count). The van der Waals surface area contributed by atoms with E-state index in [1.807, 2.05) is 9.58 Å². The van der Waals surface area contributed by atoms with Crippen molar-refractivity contribution in [1.29, 1.82) is 0 Å². The minimum Gasteiger partial charge on any atom is -0.396 e. The summed E-state index contributed by atoms with van der Waals surface area (Å²) in [6, 6.07) is 5.41. The highest BCUT2D eigenvalue weighted by molar-refractivity contribution is 6.76. The molecule has 0 saturated carbocycles. The van der Waals surface area contributed by atoms with Crippen LogP contribution < -0.4 is 4.90 Å². The number of hydrogen-bond donors (Lipinski definition) is 3. The number of carbonyl (C=O) groups excluding carboxylic acids is 1. The number of aliphatic hydroxyl groups is 2. The van der Waals surface area contributed by atoms with E-state index in [-0.39, 0.29) is 32.0 Å². The Morgan fingerprint density at radius 2 is 1.86 bits per heavy atom. The highest BCUT2D eigenvalue weighted by Gasteiger charge is 2.50. The fourth-order valence-electron chi connectivity index (χ4n) is 7.03. The summed E-state index contributed by atoms with van der Waals surface area (Å²) in [5.74, 6) is -0.0206. The Hall–Kier alpha value is -2.54. The topological polar surface area (TPSA) is 116 Å². The first-order valence-corrected chi connectivity index (χ1v) is 19.6. The first kappa shape index (κ1) is 30.5. The number of fused-ring (bicyclic) bond motifs is 6. The maximum absolute atomic E-state index is 14.1. The Kier molecular flexibility index (Phi) is 8.83. The lowest BCUT2D eigenvalue weighted by molar-refractivity contribution is -0.124. The van der Waals surface area contributed by atoms with Gasteiger partial charge in [-0.05, 0) is 67.0 Å². The van der Waals surface area contributed by atoms with Crippen LogP contribution in [0.3, 0.4) is 0 Å². The summed E-state index contributed by atoms with van der Waals surface area (Å²) in [5.41, 5.74) is 6.32. The molecule has 11 heteroatoms. The number of aliphatic hydroxyl groups excluding tert-OH is 2.